The topological polar surface area (TPSA) is 29.1 Å². The fraction of sp³-hybridized carbons (Fsp3) is 0.211. The molecule has 0 aliphatic rings. The van der Waals surface area contributed by atoms with Gasteiger partial charge in [0, 0.05) is 10.8 Å². The zero-order chi connectivity index (χ0) is 16.5. The lowest BCUT2D eigenvalue weighted by molar-refractivity contribution is -0.119. The maximum Gasteiger partial charge on any atom is 0.230 e. The standard InChI is InChI=1S/C19H20ClNOS/c1-15(17-9-11-18(20)12-10-17)21-19(22)14-23-13-5-8-16-6-3-2-4-7-16/h2-12,15H,13-14H2,1H3,(H,21,22)/b8-5+/t15-/m0/s1. The molecule has 0 bridgehead atoms. The number of benzene rings is 2. The van der Waals surface area contributed by atoms with Gasteiger partial charge in [-0.25, -0.2) is 0 Å². The number of hydrogen-bond acceptors (Lipinski definition) is 2. The summed E-state index contributed by atoms with van der Waals surface area (Å²) in [4.78, 5) is 11.9. The second-order valence-corrected chi connectivity index (χ2v) is 6.64. The molecule has 2 aromatic carbocycles. The number of thioether (sulfide) groups is 1. The number of carbonyl (C=O) groups is 1. The second kappa shape index (κ2) is 9.43. The molecule has 0 aliphatic heterocycles. The molecule has 0 unspecified atom stereocenters. The number of halogens is 1. The molecule has 4 heteroatoms. The Morgan fingerprint density at radius 1 is 1.17 bits per heavy atom. The maximum absolute atomic E-state index is 11.9. The van der Waals surface area contributed by atoms with Crippen LogP contribution in [0.25, 0.3) is 6.08 Å². The van der Waals surface area contributed by atoms with Crippen LogP contribution in [0.3, 0.4) is 0 Å². The molecular weight excluding hydrogens is 326 g/mol. The summed E-state index contributed by atoms with van der Waals surface area (Å²) in [5, 5.41) is 3.70. The lowest BCUT2D eigenvalue weighted by Crippen LogP contribution is -2.28. The molecule has 0 saturated heterocycles. The van der Waals surface area contributed by atoms with E-state index in [1.807, 2.05) is 49.4 Å². The highest BCUT2D eigenvalue weighted by molar-refractivity contribution is 8.00. The summed E-state index contributed by atoms with van der Waals surface area (Å²) >= 11 is 7.47. The van der Waals surface area contributed by atoms with Gasteiger partial charge in [0.05, 0.1) is 11.8 Å². The number of rotatable bonds is 7. The summed E-state index contributed by atoms with van der Waals surface area (Å²) in [6, 6.07) is 17.7. The highest BCUT2D eigenvalue weighted by atomic mass is 35.5. The van der Waals surface area contributed by atoms with Gasteiger partial charge >= 0.3 is 0 Å². The normalized spacial score (nSPS) is 12.3. The Labute approximate surface area is 146 Å². The number of nitrogens with one attached hydrogen (secondary N) is 1. The summed E-state index contributed by atoms with van der Waals surface area (Å²) in [7, 11) is 0. The molecule has 2 aromatic rings. The van der Waals surface area contributed by atoms with Gasteiger partial charge in [0.25, 0.3) is 0 Å². The predicted molar refractivity (Wildman–Crippen MR) is 101 cm³/mol. The minimum Gasteiger partial charge on any atom is -0.349 e. The van der Waals surface area contributed by atoms with Crippen molar-refractivity contribution in [2.24, 2.45) is 0 Å². The van der Waals surface area contributed by atoms with E-state index in [2.05, 4.69) is 29.6 Å². The van der Waals surface area contributed by atoms with E-state index in [4.69, 9.17) is 11.6 Å². The Hall–Kier alpha value is -1.71. The van der Waals surface area contributed by atoms with Crippen LogP contribution in [0.5, 0.6) is 0 Å². The third kappa shape index (κ3) is 6.51. The number of hydrogen-bond donors (Lipinski definition) is 1. The van der Waals surface area contributed by atoms with E-state index in [0.717, 1.165) is 11.3 Å². The molecule has 0 radical (unpaired) electrons. The van der Waals surface area contributed by atoms with Gasteiger partial charge in [0.15, 0.2) is 0 Å². The van der Waals surface area contributed by atoms with E-state index >= 15 is 0 Å². The van der Waals surface area contributed by atoms with Crippen molar-refractivity contribution in [3.63, 3.8) is 0 Å². The highest BCUT2D eigenvalue weighted by Gasteiger charge is 2.08. The van der Waals surface area contributed by atoms with Crippen molar-refractivity contribution in [3.05, 3.63) is 76.8 Å². The van der Waals surface area contributed by atoms with Crippen molar-refractivity contribution >= 4 is 35.3 Å². The zero-order valence-corrected chi connectivity index (χ0v) is 14.6. The van der Waals surface area contributed by atoms with Crippen LogP contribution in [0, 0.1) is 0 Å². The SMILES string of the molecule is C[C@H](NC(=O)CSC/C=C/c1ccccc1)c1ccc(Cl)cc1. The third-order valence-corrected chi connectivity index (χ3v) is 4.45. The van der Waals surface area contributed by atoms with Gasteiger partial charge in [-0.1, -0.05) is 66.2 Å². The quantitative estimate of drug-likeness (QED) is 0.718. The molecule has 120 valence electrons. The minimum absolute atomic E-state index is 0.0137. The Bertz CT molecular complexity index is 640. The van der Waals surface area contributed by atoms with E-state index in [1.54, 1.807) is 11.8 Å². The van der Waals surface area contributed by atoms with E-state index < -0.39 is 0 Å². The molecule has 0 spiro atoms. The van der Waals surface area contributed by atoms with Crippen LogP contribution < -0.4 is 5.32 Å². The Kier molecular flexibility index (Phi) is 7.24. The fourth-order valence-electron chi connectivity index (χ4n) is 2.09. The Balaban J connectivity index is 1.68. The van der Waals surface area contributed by atoms with Crippen LogP contribution in [0.1, 0.15) is 24.1 Å². The van der Waals surface area contributed by atoms with Crippen molar-refractivity contribution in [3.8, 4) is 0 Å². The van der Waals surface area contributed by atoms with Crippen molar-refractivity contribution in [1.82, 2.24) is 5.32 Å². The van der Waals surface area contributed by atoms with Gasteiger partial charge < -0.3 is 5.32 Å². The zero-order valence-electron chi connectivity index (χ0n) is 13.0. The van der Waals surface area contributed by atoms with Gasteiger partial charge in [-0.15, -0.1) is 11.8 Å². The first-order chi connectivity index (χ1) is 11.1. The van der Waals surface area contributed by atoms with Crippen LogP contribution in [-0.2, 0) is 4.79 Å². The molecule has 1 N–H and O–H groups in total. The van der Waals surface area contributed by atoms with Gasteiger partial charge in [-0.2, -0.15) is 0 Å². The first-order valence-corrected chi connectivity index (χ1v) is 9.02. The molecule has 2 nitrogen and oxygen atoms in total. The van der Waals surface area contributed by atoms with Gasteiger partial charge in [-0.3, -0.25) is 4.79 Å². The van der Waals surface area contributed by atoms with Gasteiger partial charge in [-0.05, 0) is 30.2 Å². The molecule has 1 atom stereocenters. The van der Waals surface area contributed by atoms with Crippen LogP contribution in [-0.4, -0.2) is 17.4 Å². The molecular formula is C19H20ClNOS. The Morgan fingerprint density at radius 2 is 1.87 bits per heavy atom. The smallest absolute Gasteiger partial charge is 0.230 e. The van der Waals surface area contributed by atoms with Crippen molar-refractivity contribution in [1.29, 1.82) is 0 Å². The molecule has 0 aromatic heterocycles. The van der Waals surface area contributed by atoms with Crippen LogP contribution in [0.15, 0.2) is 60.7 Å². The average Bonchev–Trinajstić information content (AvgIpc) is 2.56. The summed E-state index contributed by atoms with van der Waals surface area (Å²) in [5.74, 6) is 1.32. The molecule has 0 heterocycles. The van der Waals surface area contributed by atoms with Crippen LogP contribution in [0.2, 0.25) is 5.02 Å². The van der Waals surface area contributed by atoms with Crippen molar-refractivity contribution < 1.29 is 4.79 Å². The van der Waals surface area contributed by atoms with Gasteiger partial charge in [0.1, 0.15) is 0 Å². The van der Waals surface area contributed by atoms with E-state index in [0.29, 0.717) is 10.8 Å². The second-order valence-electron chi connectivity index (χ2n) is 5.17. The summed E-state index contributed by atoms with van der Waals surface area (Å²) < 4.78 is 0. The summed E-state index contributed by atoms with van der Waals surface area (Å²) in [5.41, 5.74) is 2.23. The van der Waals surface area contributed by atoms with E-state index in [-0.39, 0.29) is 11.9 Å². The monoisotopic (exact) mass is 345 g/mol. The Morgan fingerprint density at radius 3 is 2.57 bits per heavy atom. The van der Waals surface area contributed by atoms with Crippen LogP contribution >= 0.6 is 23.4 Å². The third-order valence-electron chi connectivity index (χ3n) is 3.30. The minimum atomic E-state index is -0.0137. The molecule has 23 heavy (non-hydrogen) atoms. The van der Waals surface area contributed by atoms with Gasteiger partial charge in [0.2, 0.25) is 5.91 Å². The summed E-state index contributed by atoms with van der Waals surface area (Å²) in [6.07, 6.45) is 4.15. The first kappa shape index (κ1) is 17.6. The average molecular weight is 346 g/mol. The molecule has 0 aliphatic carbocycles. The molecule has 2 rings (SSSR count). The van der Waals surface area contributed by atoms with Crippen molar-refractivity contribution in [2.45, 2.75) is 13.0 Å². The highest BCUT2D eigenvalue weighted by Crippen LogP contribution is 2.16. The lowest BCUT2D eigenvalue weighted by Gasteiger charge is -2.14. The molecule has 0 saturated carbocycles. The number of carbonyl (C=O) groups excluding carboxylic acids is 1. The molecule has 0 fully saturated rings. The van der Waals surface area contributed by atoms with E-state index in [1.165, 1.54) is 5.56 Å². The first-order valence-electron chi connectivity index (χ1n) is 7.49. The van der Waals surface area contributed by atoms with E-state index in [9.17, 15) is 4.79 Å². The maximum atomic E-state index is 11.9. The van der Waals surface area contributed by atoms with Crippen LogP contribution in [0.4, 0.5) is 0 Å². The predicted octanol–water partition coefficient (Wildman–Crippen LogP) is 4.96. The molecule has 1 amide bonds. The number of amides is 1. The summed E-state index contributed by atoms with van der Waals surface area (Å²) in [6.45, 7) is 1.97. The van der Waals surface area contributed by atoms with Crippen molar-refractivity contribution in [2.75, 3.05) is 11.5 Å². The lowest BCUT2D eigenvalue weighted by atomic mass is 10.1. The fourth-order valence-corrected chi connectivity index (χ4v) is 2.83. The largest absolute Gasteiger partial charge is 0.349 e.